The molecule has 0 radical (unpaired) electrons. The third kappa shape index (κ3) is 3.03. The largest absolute Gasteiger partial charge is 0.245 e. The molecule has 1 rings (SSSR count). The van der Waals surface area contributed by atoms with E-state index < -0.39 is 0 Å². The first-order chi connectivity index (χ1) is 5.86. The van der Waals surface area contributed by atoms with E-state index in [0.717, 1.165) is 21.6 Å². The van der Waals surface area contributed by atoms with Gasteiger partial charge in [0, 0.05) is 0 Å². The second-order valence-electron chi connectivity index (χ2n) is 2.06. The fourth-order valence-corrected chi connectivity index (χ4v) is 1.85. The van der Waals surface area contributed by atoms with Crippen LogP contribution >= 0.6 is 23.5 Å². The van der Waals surface area contributed by atoms with Gasteiger partial charge in [0.2, 0.25) is 0 Å². The maximum atomic E-state index is 4.27. The minimum Gasteiger partial charge on any atom is -0.245 e. The molecule has 1 aromatic heterocycles. The fraction of sp³-hybridized carbons (Fsp3) is 0.500. The minimum absolute atomic E-state index is 1.01. The van der Waals surface area contributed by atoms with Crippen LogP contribution < -0.4 is 0 Å². The predicted molar refractivity (Wildman–Crippen MR) is 54.8 cm³/mol. The van der Waals surface area contributed by atoms with Gasteiger partial charge in [-0.2, -0.15) is 0 Å². The van der Waals surface area contributed by atoms with Crippen molar-refractivity contribution in [1.82, 2.24) is 9.97 Å². The molecule has 0 N–H and O–H groups in total. The zero-order chi connectivity index (χ0) is 8.81. The van der Waals surface area contributed by atoms with Gasteiger partial charge in [0.1, 0.15) is 10.1 Å². The van der Waals surface area contributed by atoms with Crippen LogP contribution in [0.4, 0.5) is 0 Å². The predicted octanol–water partition coefficient (Wildman–Crippen LogP) is 2.70. The smallest absolute Gasteiger partial charge is 0.114 e. The Morgan fingerprint density at radius 1 is 1.00 bits per heavy atom. The van der Waals surface area contributed by atoms with Gasteiger partial charge >= 0.3 is 0 Å². The highest BCUT2D eigenvalue weighted by atomic mass is 32.2. The highest BCUT2D eigenvalue weighted by Gasteiger charge is 1.95. The summed E-state index contributed by atoms with van der Waals surface area (Å²) in [5.74, 6) is 2.10. The molecule has 0 atom stereocenters. The number of thioether (sulfide) groups is 2. The average Bonchev–Trinajstić information content (AvgIpc) is 2.09. The van der Waals surface area contributed by atoms with Gasteiger partial charge in [-0.15, -0.1) is 23.5 Å². The van der Waals surface area contributed by atoms with E-state index in [1.165, 1.54) is 0 Å². The quantitative estimate of drug-likeness (QED) is 0.698. The Morgan fingerprint density at radius 3 is 1.67 bits per heavy atom. The summed E-state index contributed by atoms with van der Waals surface area (Å²) in [6.45, 7) is 4.22. The van der Waals surface area contributed by atoms with Gasteiger partial charge in [0.15, 0.2) is 0 Å². The van der Waals surface area contributed by atoms with Crippen molar-refractivity contribution in [3.63, 3.8) is 0 Å². The zero-order valence-corrected chi connectivity index (χ0v) is 8.91. The zero-order valence-electron chi connectivity index (χ0n) is 7.28. The molecule has 0 bridgehead atoms. The minimum atomic E-state index is 1.01. The molecule has 0 amide bonds. The molecular formula is C8H12N2S2. The molecule has 12 heavy (non-hydrogen) atoms. The van der Waals surface area contributed by atoms with Gasteiger partial charge in [-0.05, 0) is 11.5 Å². The topological polar surface area (TPSA) is 25.8 Å². The molecule has 0 spiro atoms. The lowest BCUT2D eigenvalue weighted by molar-refractivity contribution is 0.966. The third-order valence-corrected chi connectivity index (χ3v) is 2.78. The SMILES string of the molecule is CCSc1cnc(SCC)cn1. The normalized spacial score (nSPS) is 10.2. The maximum absolute atomic E-state index is 4.27. The second kappa shape index (κ2) is 5.43. The Labute approximate surface area is 81.6 Å². The highest BCUT2D eigenvalue weighted by molar-refractivity contribution is 7.99. The van der Waals surface area contributed by atoms with Gasteiger partial charge < -0.3 is 0 Å². The van der Waals surface area contributed by atoms with E-state index in [2.05, 4.69) is 23.8 Å². The molecule has 2 nitrogen and oxygen atoms in total. The third-order valence-electron chi connectivity index (χ3n) is 1.19. The van der Waals surface area contributed by atoms with Gasteiger partial charge in [-0.1, -0.05) is 13.8 Å². The molecule has 0 saturated heterocycles. The van der Waals surface area contributed by atoms with Crippen LogP contribution in [0.5, 0.6) is 0 Å². The Bertz CT molecular complexity index is 198. The van der Waals surface area contributed by atoms with Crippen LogP contribution in [0.15, 0.2) is 22.4 Å². The molecule has 1 aromatic rings. The number of aromatic nitrogens is 2. The van der Waals surface area contributed by atoms with Crippen LogP contribution in [0.3, 0.4) is 0 Å². The van der Waals surface area contributed by atoms with Crippen molar-refractivity contribution in [3.05, 3.63) is 12.4 Å². The van der Waals surface area contributed by atoms with E-state index in [4.69, 9.17) is 0 Å². The lowest BCUT2D eigenvalue weighted by Gasteiger charge is -1.98. The summed E-state index contributed by atoms with van der Waals surface area (Å²) in [5, 5.41) is 2.02. The van der Waals surface area contributed by atoms with E-state index in [0.29, 0.717) is 0 Å². The summed E-state index contributed by atoms with van der Waals surface area (Å²) < 4.78 is 0. The number of hydrogen-bond donors (Lipinski definition) is 0. The molecule has 0 aliphatic carbocycles. The summed E-state index contributed by atoms with van der Waals surface area (Å²) in [4.78, 5) is 8.53. The molecule has 0 unspecified atom stereocenters. The molecule has 4 heteroatoms. The molecule has 1 heterocycles. The van der Waals surface area contributed by atoms with E-state index in [1.807, 2.05) is 12.4 Å². The Morgan fingerprint density at radius 2 is 1.42 bits per heavy atom. The first kappa shape index (κ1) is 9.86. The monoisotopic (exact) mass is 200 g/mol. The number of hydrogen-bond acceptors (Lipinski definition) is 4. The van der Waals surface area contributed by atoms with E-state index in [1.54, 1.807) is 23.5 Å². The summed E-state index contributed by atoms with van der Waals surface area (Å²) in [7, 11) is 0. The molecule has 0 aliphatic heterocycles. The van der Waals surface area contributed by atoms with E-state index in [9.17, 15) is 0 Å². The van der Waals surface area contributed by atoms with Crippen molar-refractivity contribution >= 4 is 23.5 Å². The summed E-state index contributed by atoms with van der Waals surface area (Å²) in [5.41, 5.74) is 0. The summed E-state index contributed by atoms with van der Waals surface area (Å²) >= 11 is 3.44. The van der Waals surface area contributed by atoms with Crippen LogP contribution in [0, 0.1) is 0 Å². The van der Waals surface area contributed by atoms with Gasteiger partial charge in [-0.25, -0.2) is 9.97 Å². The van der Waals surface area contributed by atoms with Crippen LogP contribution in [-0.2, 0) is 0 Å². The molecule has 0 aliphatic rings. The highest BCUT2D eigenvalue weighted by Crippen LogP contribution is 2.17. The molecular weight excluding hydrogens is 188 g/mol. The van der Waals surface area contributed by atoms with Crippen molar-refractivity contribution in [3.8, 4) is 0 Å². The number of nitrogens with zero attached hydrogens (tertiary/aromatic N) is 2. The average molecular weight is 200 g/mol. The van der Waals surface area contributed by atoms with Crippen molar-refractivity contribution < 1.29 is 0 Å². The van der Waals surface area contributed by atoms with Gasteiger partial charge in [0.25, 0.3) is 0 Å². The van der Waals surface area contributed by atoms with Crippen LogP contribution in [0.25, 0.3) is 0 Å². The summed E-state index contributed by atoms with van der Waals surface area (Å²) in [6, 6.07) is 0. The maximum Gasteiger partial charge on any atom is 0.114 e. The van der Waals surface area contributed by atoms with Gasteiger partial charge in [0.05, 0.1) is 12.4 Å². The van der Waals surface area contributed by atoms with Crippen molar-refractivity contribution in [2.24, 2.45) is 0 Å². The Balaban J connectivity index is 2.58. The molecule has 0 fully saturated rings. The van der Waals surface area contributed by atoms with Crippen molar-refractivity contribution in [2.45, 2.75) is 23.9 Å². The van der Waals surface area contributed by atoms with Crippen LogP contribution in [0.1, 0.15) is 13.8 Å². The second-order valence-corrected chi connectivity index (χ2v) is 4.63. The van der Waals surface area contributed by atoms with Crippen molar-refractivity contribution in [2.75, 3.05) is 11.5 Å². The molecule has 0 saturated carbocycles. The lowest BCUT2D eigenvalue weighted by Crippen LogP contribution is -1.85. The summed E-state index contributed by atoms with van der Waals surface area (Å²) in [6.07, 6.45) is 3.68. The fourth-order valence-electron chi connectivity index (χ4n) is 0.749. The van der Waals surface area contributed by atoms with Crippen LogP contribution in [0.2, 0.25) is 0 Å². The Kier molecular flexibility index (Phi) is 4.46. The van der Waals surface area contributed by atoms with E-state index in [-0.39, 0.29) is 0 Å². The molecule has 66 valence electrons. The first-order valence-corrected chi connectivity index (χ1v) is 5.91. The van der Waals surface area contributed by atoms with Crippen molar-refractivity contribution in [1.29, 1.82) is 0 Å². The lowest BCUT2D eigenvalue weighted by atomic mass is 10.8. The van der Waals surface area contributed by atoms with Crippen LogP contribution in [-0.4, -0.2) is 21.5 Å². The number of rotatable bonds is 4. The standard InChI is InChI=1S/C8H12N2S2/c1-3-11-7-5-10-8(6-9-7)12-4-2/h5-6H,3-4H2,1-2H3. The first-order valence-electron chi connectivity index (χ1n) is 3.94. The Hall–Kier alpha value is -0.220. The van der Waals surface area contributed by atoms with Gasteiger partial charge in [-0.3, -0.25) is 0 Å². The molecule has 0 aromatic carbocycles. The van der Waals surface area contributed by atoms with E-state index >= 15 is 0 Å².